The quantitative estimate of drug-likeness (QED) is 0.566. The number of amides is 1. The van der Waals surface area contributed by atoms with Crippen LogP contribution in [0.4, 0.5) is 5.69 Å². The molecule has 0 saturated heterocycles. The summed E-state index contributed by atoms with van der Waals surface area (Å²) < 4.78 is 7.98. The number of fused-ring (bicyclic) bond motifs is 1. The number of anilines is 1. The van der Waals surface area contributed by atoms with E-state index in [0.717, 1.165) is 0 Å². The summed E-state index contributed by atoms with van der Waals surface area (Å²) in [6.45, 7) is 1.66. The molecule has 150 valence electrons. The first-order valence-corrected chi connectivity index (χ1v) is 9.14. The van der Waals surface area contributed by atoms with Crippen molar-refractivity contribution >= 4 is 17.2 Å². The highest BCUT2D eigenvalue weighted by molar-refractivity contribution is 6.04. The Morgan fingerprint density at radius 1 is 1.00 bits per heavy atom. The number of methoxy groups -OCH3 is 1. The first-order valence-electron chi connectivity index (χ1n) is 9.14. The molecule has 0 aliphatic heterocycles. The van der Waals surface area contributed by atoms with Crippen LogP contribution < -0.4 is 21.2 Å². The van der Waals surface area contributed by atoms with Crippen LogP contribution in [0.5, 0.6) is 5.75 Å². The molecule has 0 unspecified atom stereocenters. The molecule has 0 aliphatic rings. The van der Waals surface area contributed by atoms with E-state index in [9.17, 15) is 14.4 Å². The minimum Gasteiger partial charge on any atom is -0.495 e. The highest BCUT2D eigenvalue weighted by Gasteiger charge is 2.19. The SMILES string of the molecule is COc1ccccc1-n1ccc(C)c(C(=O)Nc2cnc3ccccn3c2=O)c1=O. The lowest BCUT2D eigenvalue weighted by Gasteiger charge is -2.13. The second-order valence-electron chi connectivity index (χ2n) is 6.58. The molecular formula is C22H18N4O4. The fourth-order valence-electron chi connectivity index (χ4n) is 3.22. The third-order valence-corrected chi connectivity index (χ3v) is 4.73. The first-order chi connectivity index (χ1) is 14.5. The third kappa shape index (κ3) is 3.24. The minimum atomic E-state index is -0.684. The highest BCUT2D eigenvalue weighted by Crippen LogP contribution is 2.21. The van der Waals surface area contributed by atoms with Gasteiger partial charge >= 0.3 is 0 Å². The smallest absolute Gasteiger partial charge is 0.281 e. The van der Waals surface area contributed by atoms with E-state index in [1.807, 2.05) is 0 Å². The largest absolute Gasteiger partial charge is 0.495 e. The molecule has 8 heteroatoms. The van der Waals surface area contributed by atoms with Crippen molar-refractivity contribution in [2.45, 2.75) is 6.92 Å². The maximum absolute atomic E-state index is 13.1. The molecule has 1 amide bonds. The summed E-state index contributed by atoms with van der Waals surface area (Å²) in [4.78, 5) is 42.9. The molecule has 0 spiro atoms. The van der Waals surface area contributed by atoms with Crippen molar-refractivity contribution in [2.24, 2.45) is 0 Å². The lowest BCUT2D eigenvalue weighted by molar-refractivity contribution is 0.102. The van der Waals surface area contributed by atoms with Gasteiger partial charge in [-0.3, -0.25) is 23.4 Å². The molecule has 0 saturated carbocycles. The highest BCUT2D eigenvalue weighted by atomic mass is 16.5. The van der Waals surface area contributed by atoms with Crippen molar-refractivity contribution in [3.8, 4) is 11.4 Å². The Labute approximate surface area is 171 Å². The van der Waals surface area contributed by atoms with Gasteiger partial charge < -0.3 is 10.1 Å². The second-order valence-corrected chi connectivity index (χ2v) is 6.58. The number of carbonyl (C=O) groups excluding carboxylic acids is 1. The number of aromatic nitrogens is 3. The Morgan fingerprint density at radius 3 is 2.57 bits per heavy atom. The molecule has 8 nitrogen and oxygen atoms in total. The topological polar surface area (TPSA) is 94.7 Å². The Kier molecular flexibility index (Phi) is 4.89. The lowest BCUT2D eigenvalue weighted by Crippen LogP contribution is -2.31. The number of benzene rings is 1. The van der Waals surface area contributed by atoms with Gasteiger partial charge in [0.1, 0.15) is 22.6 Å². The zero-order valence-corrected chi connectivity index (χ0v) is 16.3. The van der Waals surface area contributed by atoms with Gasteiger partial charge in [0, 0.05) is 12.4 Å². The van der Waals surface area contributed by atoms with Crippen molar-refractivity contribution in [2.75, 3.05) is 12.4 Å². The summed E-state index contributed by atoms with van der Waals surface area (Å²) in [6.07, 6.45) is 4.42. The average molecular weight is 402 g/mol. The summed E-state index contributed by atoms with van der Waals surface area (Å²) in [7, 11) is 1.51. The van der Waals surface area contributed by atoms with E-state index in [4.69, 9.17) is 4.74 Å². The number of nitrogens with zero attached hydrogens (tertiary/aromatic N) is 3. The molecule has 0 fully saturated rings. The van der Waals surface area contributed by atoms with Gasteiger partial charge in [-0.1, -0.05) is 18.2 Å². The van der Waals surface area contributed by atoms with Gasteiger partial charge in [-0.15, -0.1) is 0 Å². The standard InChI is InChI=1S/C22H18N4O4/c1-14-10-12-25(16-7-3-4-8-17(16)30-2)22(29)19(14)20(27)24-15-13-23-18-9-5-6-11-26(18)21(15)28/h3-13H,1-2H3,(H,24,27). The van der Waals surface area contributed by atoms with Crippen molar-refractivity contribution in [3.05, 3.63) is 99.0 Å². The Balaban J connectivity index is 1.78. The van der Waals surface area contributed by atoms with Gasteiger partial charge in [0.15, 0.2) is 0 Å². The number of hydrogen-bond donors (Lipinski definition) is 1. The lowest BCUT2D eigenvalue weighted by atomic mass is 10.1. The first kappa shape index (κ1) is 19.1. The average Bonchev–Trinajstić information content (AvgIpc) is 2.76. The maximum Gasteiger partial charge on any atom is 0.281 e. The van der Waals surface area contributed by atoms with E-state index >= 15 is 0 Å². The predicted octanol–water partition coefficient (Wildman–Crippen LogP) is 2.41. The van der Waals surface area contributed by atoms with Crippen LogP contribution in [0.3, 0.4) is 0 Å². The molecule has 0 bridgehead atoms. The summed E-state index contributed by atoms with van der Waals surface area (Å²) in [5, 5.41) is 2.53. The Bertz CT molecular complexity index is 1390. The van der Waals surface area contributed by atoms with Gasteiger partial charge in [-0.05, 0) is 42.8 Å². The number of rotatable bonds is 4. The van der Waals surface area contributed by atoms with Crippen molar-refractivity contribution in [1.82, 2.24) is 14.0 Å². The molecule has 0 aliphatic carbocycles. The maximum atomic E-state index is 13.1. The summed E-state index contributed by atoms with van der Waals surface area (Å²) in [6, 6.07) is 13.8. The van der Waals surface area contributed by atoms with Crippen LogP contribution in [0.25, 0.3) is 11.3 Å². The van der Waals surface area contributed by atoms with Crippen molar-refractivity contribution in [3.63, 3.8) is 0 Å². The van der Waals surface area contributed by atoms with Gasteiger partial charge in [0.25, 0.3) is 17.0 Å². The molecule has 3 aromatic heterocycles. The molecule has 30 heavy (non-hydrogen) atoms. The number of para-hydroxylation sites is 2. The van der Waals surface area contributed by atoms with Crippen LogP contribution in [0.1, 0.15) is 15.9 Å². The summed E-state index contributed by atoms with van der Waals surface area (Å²) in [5.41, 5.74) is 0.397. The van der Waals surface area contributed by atoms with Crippen molar-refractivity contribution in [1.29, 1.82) is 0 Å². The molecule has 4 aromatic rings. The molecule has 1 N–H and O–H groups in total. The van der Waals surface area contributed by atoms with Gasteiger partial charge in [-0.2, -0.15) is 0 Å². The molecule has 0 atom stereocenters. The predicted molar refractivity (Wildman–Crippen MR) is 113 cm³/mol. The monoisotopic (exact) mass is 402 g/mol. The molecule has 0 radical (unpaired) electrons. The summed E-state index contributed by atoms with van der Waals surface area (Å²) in [5.74, 6) is -0.191. The van der Waals surface area contributed by atoms with Gasteiger partial charge in [-0.25, -0.2) is 4.98 Å². The van der Waals surface area contributed by atoms with E-state index in [1.54, 1.807) is 67.8 Å². The molecule has 4 rings (SSSR count). The Morgan fingerprint density at radius 2 is 1.77 bits per heavy atom. The molecule has 1 aromatic carbocycles. The minimum absolute atomic E-state index is 0.0183. The normalized spacial score (nSPS) is 10.7. The fourth-order valence-corrected chi connectivity index (χ4v) is 3.22. The number of nitrogens with one attached hydrogen (secondary N) is 1. The number of pyridine rings is 2. The molecular weight excluding hydrogens is 384 g/mol. The van der Waals surface area contributed by atoms with Crippen LogP contribution in [-0.4, -0.2) is 27.0 Å². The third-order valence-electron chi connectivity index (χ3n) is 4.73. The van der Waals surface area contributed by atoms with Crippen molar-refractivity contribution < 1.29 is 9.53 Å². The van der Waals surface area contributed by atoms with Gasteiger partial charge in [0.05, 0.1) is 19.0 Å². The van der Waals surface area contributed by atoms with Crippen LogP contribution in [-0.2, 0) is 0 Å². The van der Waals surface area contributed by atoms with E-state index in [0.29, 0.717) is 22.6 Å². The van der Waals surface area contributed by atoms with Crippen LogP contribution in [0, 0.1) is 6.92 Å². The number of ether oxygens (including phenoxy) is 1. The van der Waals surface area contributed by atoms with E-state index in [1.165, 1.54) is 22.3 Å². The number of aryl methyl sites for hydroxylation is 1. The number of hydrogen-bond acceptors (Lipinski definition) is 5. The zero-order chi connectivity index (χ0) is 21.3. The van der Waals surface area contributed by atoms with Crippen LogP contribution >= 0.6 is 0 Å². The number of carbonyl (C=O) groups is 1. The van der Waals surface area contributed by atoms with Gasteiger partial charge in [0.2, 0.25) is 0 Å². The van der Waals surface area contributed by atoms with E-state index < -0.39 is 17.0 Å². The summed E-state index contributed by atoms with van der Waals surface area (Å²) >= 11 is 0. The fraction of sp³-hybridized carbons (Fsp3) is 0.0909. The Hall–Kier alpha value is -4.20. The molecule has 3 heterocycles. The van der Waals surface area contributed by atoms with E-state index in [-0.39, 0.29) is 11.3 Å². The van der Waals surface area contributed by atoms with Crippen LogP contribution in [0.15, 0.2) is 76.7 Å². The second kappa shape index (κ2) is 7.67. The van der Waals surface area contributed by atoms with E-state index in [2.05, 4.69) is 10.3 Å². The zero-order valence-electron chi connectivity index (χ0n) is 16.3. The van der Waals surface area contributed by atoms with Crippen LogP contribution in [0.2, 0.25) is 0 Å².